The molecule has 2 rings (SSSR count). The van der Waals surface area contributed by atoms with Crippen LogP contribution in [0.5, 0.6) is 0 Å². The number of anilines is 1. The van der Waals surface area contributed by atoms with E-state index in [9.17, 15) is 10.1 Å². The van der Waals surface area contributed by atoms with Crippen LogP contribution in [0, 0.1) is 10.1 Å². The normalized spacial score (nSPS) is 11.9. The van der Waals surface area contributed by atoms with Crippen molar-refractivity contribution >= 4 is 23.1 Å². The highest BCUT2D eigenvalue weighted by molar-refractivity contribution is 6.28. The average Bonchev–Trinajstić information content (AvgIpc) is 2.39. The molecule has 0 amide bonds. The summed E-state index contributed by atoms with van der Waals surface area (Å²) in [7, 11) is 0. The minimum Gasteiger partial charge on any atom is -0.356 e. The zero-order chi connectivity index (χ0) is 13.8. The van der Waals surface area contributed by atoms with Gasteiger partial charge >= 0.3 is 5.69 Å². The Bertz CT molecular complexity index is 593. The van der Waals surface area contributed by atoms with Gasteiger partial charge in [-0.2, -0.15) is 4.98 Å². The number of halogens is 1. The lowest BCUT2D eigenvalue weighted by Gasteiger charge is -2.13. The molecule has 98 valence electrons. The van der Waals surface area contributed by atoms with E-state index < -0.39 is 4.92 Å². The van der Waals surface area contributed by atoms with Gasteiger partial charge in [0.1, 0.15) is 6.20 Å². The molecule has 7 nitrogen and oxygen atoms in total. The molecule has 8 heteroatoms. The summed E-state index contributed by atoms with van der Waals surface area (Å²) in [5.74, 6) is 0.0724. The van der Waals surface area contributed by atoms with Gasteiger partial charge in [-0.1, -0.05) is 6.07 Å². The first kappa shape index (κ1) is 13.2. The third kappa shape index (κ3) is 3.14. The molecule has 0 fully saturated rings. The van der Waals surface area contributed by atoms with Gasteiger partial charge in [0, 0.05) is 6.20 Å². The number of rotatable bonds is 4. The van der Waals surface area contributed by atoms with Gasteiger partial charge in [0.05, 0.1) is 16.7 Å². The molecule has 2 heterocycles. The Morgan fingerprint density at radius 1 is 1.42 bits per heavy atom. The van der Waals surface area contributed by atoms with Crippen LogP contribution in [0.4, 0.5) is 11.5 Å². The van der Waals surface area contributed by atoms with E-state index in [0.29, 0.717) is 0 Å². The second-order valence-corrected chi connectivity index (χ2v) is 4.09. The number of hydrogen-bond donors (Lipinski definition) is 1. The van der Waals surface area contributed by atoms with Crippen molar-refractivity contribution in [1.82, 2.24) is 15.0 Å². The predicted octanol–water partition coefficient (Wildman–Crippen LogP) is 2.61. The molecule has 19 heavy (non-hydrogen) atoms. The van der Waals surface area contributed by atoms with Crippen molar-refractivity contribution < 1.29 is 4.92 Å². The summed E-state index contributed by atoms with van der Waals surface area (Å²) in [6.45, 7) is 1.82. The first-order valence-corrected chi connectivity index (χ1v) is 5.80. The third-order valence-electron chi connectivity index (χ3n) is 2.42. The van der Waals surface area contributed by atoms with E-state index in [2.05, 4.69) is 20.3 Å². The molecule has 0 aliphatic rings. The first-order chi connectivity index (χ1) is 9.08. The van der Waals surface area contributed by atoms with Crippen LogP contribution < -0.4 is 5.32 Å². The van der Waals surface area contributed by atoms with Crippen molar-refractivity contribution in [3.05, 3.63) is 51.7 Å². The smallest absolute Gasteiger partial charge is 0.329 e. The second kappa shape index (κ2) is 5.57. The minimum absolute atomic E-state index is 0.0543. The van der Waals surface area contributed by atoms with Crippen LogP contribution in [0.15, 0.2) is 30.6 Å². The van der Waals surface area contributed by atoms with E-state index in [1.807, 2.05) is 19.1 Å². The first-order valence-electron chi connectivity index (χ1n) is 5.42. The second-order valence-electron chi connectivity index (χ2n) is 3.75. The van der Waals surface area contributed by atoms with Crippen molar-refractivity contribution in [2.75, 3.05) is 5.32 Å². The van der Waals surface area contributed by atoms with Crippen LogP contribution in [0.2, 0.25) is 5.28 Å². The van der Waals surface area contributed by atoms with E-state index in [0.717, 1.165) is 11.9 Å². The summed E-state index contributed by atoms with van der Waals surface area (Å²) < 4.78 is 0. The lowest BCUT2D eigenvalue weighted by atomic mass is 10.2. The minimum atomic E-state index is -0.566. The van der Waals surface area contributed by atoms with Crippen molar-refractivity contribution in [1.29, 1.82) is 0 Å². The van der Waals surface area contributed by atoms with Crippen molar-refractivity contribution in [2.45, 2.75) is 13.0 Å². The summed E-state index contributed by atoms with van der Waals surface area (Å²) in [5, 5.41) is 13.7. The molecule has 0 aliphatic carbocycles. The number of pyridine rings is 1. The Morgan fingerprint density at radius 2 is 2.21 bits per heavy atom. The molecular formula is C11H10ClN5O2. The SMILES string of the molecule is CC(Nc1nc(Cl)ncc1[N+](=O)[O-])c1ccccn1. The summed E-state index contributed by atoms with van der Waals surface area (Å²) in [5.41, 5.74) is 0.513. The van der Waals surface area contributed by atoms with Crippen LogP contribution in [0.25, 0.3) is 0 Å². The van der Waals surface area contributed by atoms with E-state index in [-0.39, 0.29) is 22.8 Å². The number of nitro groups is 1. The van der Waals surface area contributed by atoms with Gasteiger partial charge in [0.2, 0.25) is 11.1 Å². The van der Waals surface area contributed by atoms with Crippen LogP contribution in [0.3, 0.4) is 0 Å². The Kier molecular flexibility index (Phi) is 3.86. The molecule has 0 saturated carbocycles. The number of nitrogens with one attached hydrogen (secondary N) is 1. The molecular weight excluding hydrogens is 270 g/mol. The molecule has 0 aromatic carbocycles. The highest BCUT2D eigenvalue weighted by Gasteiger charge is 2.19. The number of aromatic nitrogens is 3. The summed E-state index contributed by atoms with van der Waals surface area (Å²) in [6, 6.07) is 5.19. The maximum absolute atomic E-state index is 10.9. The lowest BCUT2D eigenvalue weighted by molar-refractivity contribution is -0.384. The molecule has 1 atom stereocenters. The quantitative estimate of drug-likeness (QED) is 0.525. The van der Waals surface area contributed by atoms with Crippen LogP contribution in [-0.2, 0) is 0 Å². The predicted molar refractivity (Wildman–Crippen MR) is 70.0 cm³/mol. The van der Waals surface area contributed by atoms with Crippen LogP contribution in [-0.4, -0.2) is 19.9 Å². The molecule has 0 bridgehead atoms. The monoisotopic (exact) mass is 279 g/mol. The zero-order valence-electron chi connectivity index (χ0n) is 9.95. The number of nitrogens with zero attached hydrogens (tertiary/aromatic N) is 4. The highest BCUT2D eigenvalue weighted by atomic mass is 35.5. The summed E-state index contributed by atoms with van der Waals surface area (Å²) in [6.07, 6.45) is 2.72. The Labute approximate surface area is 113 Å². The third-order valence-corrected chi connectivity index (χ3v) is 2.60. The fourth-order valence-corrected chi connectivity index (χ4v) is 1.64. The summed E-state index contributed by atoms with van der Waals surface area (Å²) in [4.78, 5) is 21.9. The van der Waals surface area contributed by atoms with E-state index in [4.69, 9.17) is 11.6 Å². The molecule has 0 radical (unpaired) electrons. The average molecular weight is 280 g/mol. The largest absolute Gasteiger partial charge is 0.356 e. The number of hydrogen-bond acceptors (Lipinski definition) is 6. The fourth-order valence-electron chi connectivity index (χ4n) is 1.50. The van der Waals surface area contributed by atoms with Gasteiger partial charge in [0.15, 0.2) is 0 Å². The Morgan fingerprint density at radius 3 is 2.84 bits per heavy atom. The topological polar surface area (TPSA) is 93.8 Å². The maximum Gasteiger partial charge on any atom is 0.329 e. The lowest BCUT2D eigenvalue weighted by Crippen LogP contribution is -2.11. The molecule has 0 aliphatic heterocycles. The molecule has 1 unspecified atom stereocenters. The van der Waals surface area contributed by atoms with Crippen LogP contribution >= 0.6 is 11.6 Å². The Balaban J connectivity index is 2.28. The van der Waals surface area contributed by atoms with Gasteiger partial charge in [-0.05, 0) is 30.7 Å². The van der Waals surface area contributed by atoms with Gasteiger partial charge in [-0.15, -0.1) is 0 Å². The van der Waals surface area contributed by atoms with E-state index >= 15 is 0 Å². The van der Waals surface area contributed by atoms with Gasteiger partial charge < -0.3 is 5.32 Å². The van der Waals surface area contributed by atoms with Gasteiger partial charge in [-0.25, -0.2) is 4.98 Å². The standard InChI is InChI=1S/C11H10ClN5O2/c1-7(8-4-2-3-5-13-8)15-10-9(17(18)19)6-14-11(12)16-10/h2-7H,1H3,(H,14,15,16). The zero-order valence-corrected chi connectivity index (χ0v) is 10.7. The summed E-state index contributed by atoms with van der Waals surface area (Å²) >= 11 is 5.65. The fraction of sp³-hybridized carbons (Fsp3) is 0.182. The van der Waals surface area contributed by atoms with Gasteiger partial charge in [-0.3, -0.25) is 15.1 Å². The van der Waals surface area contributed by atoms with Crippen molar-refractivity contribution in [3.63, 3.8) is 0 Å². The van der Waals surface area contributed by atoms with Crippen LogP contribution in [0.1, 0.15) is 18.7 Å². The molecule has 2 aromatic rings. The van der Waals surface area contributed by atoms with Gasteiger partial charge in [0.25, 0.3) is 0 Å². The Hall–Kier alpha value is -2.28. The van der Waals surface area contributed by atoms with Crippen molar-refractivity contribution in [2.24, 2.45) is 0 Å². The van der Waals surface area contributed by atoms with Crippen molar-refractivity contribution in [3.8, 4) is 0 Å². The molecule has 0 saturated heterocycles. The van der Waals surface area contributed by atoms with E-state index in [1.165, 1.54) is 0 Å². The maximum atomic E-state index is 10.9. The van der Waals surface area contributed by atoms with E-state index in [1.54, 1.807) is 12.3 Å². The molecule has 2 aromatic heterocycles. The highest BCUT2D eigenvalue weighted by Crippen LogP contribution is 2.25. The molecule has 1 N–H and O–H groups in total. The molecule has 0 spiro atoms.